The van der Waals surface area contributed by atoms with Crippen molar-refractivity contribution in [2.75, 3.05) is 21.1 Å². The summed E-state index contributed by atoms with van der Waals surface area (Å²) in [6, 6.07) is 0. The molecule has 14 heavy (non-hydrogen) atoms. The number of hydrogen-bond donors (Lipinski definition) is 0. The van der Waals surface area contributed by atoms with Crippen molar-refractivity contribution in [3.05, 3.63) is 31.3 Å². The first-order valence-corrected chi connectivity index (χ1v) is 3.54. The Labute approximate surface area is 82.6 Å². The first kappa shape index (κ1) is 22.7. The SMILES string of the molecule is CC.CN=[N+]=[N-].CN=[N+]=[N-].CN=[N+]=[N-]. The topological polar surface area (TPSA) is 146 Å². The van der Waals surface area contributed by atoms with E-state index >= 15 is 0 Å². The Morgan fingerprint density at radius 2 is 0.714 bits per heavy atom. The lowest BCUT2D eigenvalue weighted by Gasteiger charge is -1.35. The molecule has 0 amide bonds. The molecule has 0 bridgehead atoms. The third-order valence-electron chi connectivity index (χ3n) is 0.268. The molecule has 0 N–H and O–H groups in total. The van der Waals surface area contributed by atoms with E-state index in [-0.39, 0.29) is 0 Å². The van der Waals surface area contributed by atoms with E-state index in [0.29, 0.717) is 0 Å². The van der Waals surface area contributed by atoms with Crippen LogP contribution in [0.2, 0.25) is 0 Å². The molecule has 0 aromatic carbocycles. The number of azide groups is 3. The molecule has 80 valence electrons. The van der Waals surface area contributed by atoms with Crippen LogP contribution in [0.1, 0.15) is 13.8 Å². The second-order valence-electron chi connectivity index (χ2n) is 0.868. The Kier molecular flexibility index (Phi) is 113. The molecule has 0 rings (SSSR count). The normalized spacial score (nSPS) is 4.07. The fraction of sp³-hybridized carbons (Fsp3) is 1.00. The quantitative estimate of drug-likeness (QED) is 0.318. The summed E-state index contributed by atoms with van der Waals surface area (Å²) in [7, 11) is 4.17. The van der Waals surface area contributed by atoms with E-state index in [1.54, 1.807) is 0 Å². The molecule has 9 nitrogen and oxygen atoms in total. The van der Waals surface area contributed by atoms with E-state index in [1.165, 1.54) is 21.1 Å². The van der Waals surface area contributed by atoms with E-state index in [9.17, 15) is 0 Å². The lowest BCUT2D eigenvalue weighted by atomic mass is 11.0. The molecular formula is C5H15N9. The molecule has 0 aromatic heterocycles. The van der Waals surface area contributed by atoms with Gasteiger partial charge in [-0.05, 0) is 16.6 Å². The second kappa shape index (κ2) is 69.8. The second-order valence-corrected chi connectivity index (χ2v) is 0.868. The molecule has 0 saturated carbocycles. The Morgan fingerprint density at radius 3 is 0.714 bits per heavy atom. The summed E-state index contributed by atoms with van der Waals surface area (Å²) in [6.07, 6.45) is 0. The smallest absolute Gasteiger partial charge is 0.0139 e. The molecular weight excluding hydrogens is 186 g/mol. The average Bonchev–Trinajstić information content (AvgIpc) is 2.31. The van der Waals surface area contributed by atoms with Crippen LogP contribution in [0, 0.1) is 0 Å². The molecule has 0 saturated heterocycles. The predicted molar refractivity (Wildman–Crippen MR) is 56.6 cm³/mol. The summed E-state index contributed by atoms with van der Waals surface area (Å²) in [5, 5.41) is 8.75. The maximum atomic E-state index is 7.33. The molecule has 0 aromatic rings. The first-order valence-electron chi connectivity index (χ1n) is 3.54. The van der Waals surface area contributed by atoms with Crippen LogP contribution in [0.15, 0.2) is 15.3 Å². The van der Waals surface area contributed by atoms with Gasteiger partial charge in [0, 0.05) is 35.9 Å². The van der Waals surface area contributed by atoms with Gasteiger partial charge in [-0.2, -0.15) is 0 Å². The first-order chi connectivity index (χ1) is 6.74. The largest absolute Gasteiger partial charge is 0.0973 e. The Balaban J connectivity index is -0.0000000492. The Hall–Kier alpha value is -2.07. The van der Waals surface area contributed by atoms with Crippen LogP contribution in [0.5, 0.6) is 0 Å². The van der Waals surface area contributed by atoms with Crippen molar-refractivity contribution in [2.45, 2.75) is 13.8 Å². The minimum absolute atomic E-state index is 1.39. The number of rotatable bonds is 0. The van der Waals surface area contributed by atoms with Gasteiger partial charge in [-0.15, -0.1) is 0 Å². The van der Waals surface area contributed by atoms with Crippen LogP contribution >= 0.6 is 0 Å². The molecule has 0 fully saturated rings. The van der Waals surface area contributed by atoms with Crippen LogP contribution in [0.4, 0.5) is 0 Å². The maximum absolute atomic E-state index is 7.33. The highest BCUT2D eigenvalue weighted by Gasteiger charge is 1.28. The van der Waals surface area contributed by atoms with Gasteiger partial charge in [-0.1, -0.05) is 29.2 Å². The molecule has 0 atom stereocenters. The minimum Gasteiger partial charge on any atom is -0.0973 e. The fourth-order valence-corrected chi connectivity index (χ4v) is 0. The molecule has 0 aliphatic heterocycles. The minimum atomic E-state index is 1.39. The lowest BCUT2D eigenvalue weighted by molar-refractivity contribution is 1.40. The van der Waals surface area contributed by atoms with Gasteiger partial charge in [0.1, 0.15) is 0 Å². The monoisotopic (exact) mass is 201 g/mol. The van der Waals surface area contributed by atoms with Crippen molar-refractivity contribution < 1.29 is 0 Å². The molecule has 0 spiro atoms. The summed E-state index contributed by atoms with van der Waals surface area (Å²) in [4.78, 5) is 7.08. The maximum Gasteiger partial charge on any atom is 0.0139 e. The predicted octanol–water partition coefficient (Wildman–Crippen LogP) is 3.81. The highest BCUT2D eigenvalue weighted by molar-refractivity contribution is 4.31. The van der Waals surface area contributed by atoms with E-state index in [2.05, 4.69) is 30.1 Å². The standard InChI is InChI=1S/C2H6.3CH3N3/c1-2;3*1-3-4-2/h1-2H3;3*1H3. The molecule has 0 radical (unpaired) electrons. The van der Waals surface area contributed by atoms with Crippen molar-refractivity contribution in [1.82, 2.24) is 0 Å². The van der Waals surface area contributed by atoms with Crippen molar-refractivity contribution in [2.24, 2.45) is 15.3 Å². The summed E-state index contributed by atoms with van der Waals surface area (Å²) >= 11 is 0. The third kappa shape index (κ3) is 916. The average molecular weight is 201 g/mol. The van der Waals surface area contributed by atoms with Crippen LogP contribution in [-0.2, 0) is 0 Å². The van der Waals surface area contributed by atoms with Gasteiger partial charge in [-0.3, -0.25) is 0 Å². The zero-order valence-electron chi connectivity index (χ0n) is 9.02. The molecule has 0 aliphatic carbocycles. The molecule has 0 heterocycles. The third-order valence-corrected chi connectivity index (χ3v) is 0.268. The van der Waals surface area contributed by atoms with Gasteiger partial charge in [0.25, 0.3) is 0 Å². The van der Waals surface area contributed by atoms with Gasteiger partial charge in [0.2, 0.25) is 0 Å². The number of nitrogens with zero attached hydrogens (tertiary/aromatic N) is 9. The van der Waals surface area contributed by atoms with E-state index < -0.39 is 0 Å². The fourth-order valence-electron chi connectivity index (χ4n) is 0. The van der Waals surface area contributed by atoms with Crippen molar-refractivity contribution in [3.63, 3.8) is 0 Å². The lowest BCUT2D eigenvalue weighted by Crippen LogP contribution is -1.22. The van der Waals surface area contributed by atoms with Gasteiger partial charge in [0.05, 0.1) is 0 Å². The zero-order chi connectivity index (χ0) is 12.2. The van der Waals surface area contributed by atoms with Crippen LogP contribution < -0.4 is 0 Å². The summed E-state index contributed by atoms with van der Waals surface area (Å²) in [6.45, 7) is 4.00. The highest BCUT2D eigenvalue weighted by atomic mass is 15.1. The van der Waals surface area contributed by atoms with Gasteiger partial charge in [-0.25, -0.2) is 0 Å². The van der Waals surface area contributed by atoms with Gasteiger partial charge >= 0.3 is 0 Å². The highest BCUT2D eigenvalue weighted by Crippen LogP contribution is 1.47. The molecule has 9 heteroatoms. The zero-order valence-corrected chi connectivity index (χ0v) is 9.02. The van der Waals surface area contributed by atoms with Crippen LogP contribution in [-0.4, -0.2) is 21.1 Å². The molecule has 0 aliphatic rings. The Bertz CT molecular complexity index is 165. The Morgan fingerprint density at radius 1 is 0.643 bits per heavy atom. The summed E-state index contributed by atoms with van der Waals surface area (Å²) in [5.74, 6) is 0. The van der Waals surface area contributed by atoms with Gasteiger partial charge in [0.15, 0.2) is 0 Å². The van der Waals surface area contributed by atoms with Crippen molar-refractivity contribution in [3.8, 4) is 0 Å². The van der Waals surface area contributed by atoms with E-state index in [4.69, 9.17) is 16.6 Å². The molecule has 0 unspecified atom stereocenters. The number of hydrogen-bond acceptors (Lipinski definition) is 3. The van der Waals surface area contributed by atoms with Crippen LogP contribution in [0.25, 0.3) is 31.3 Å². The van der Waals surface area contributed by atoms with Crippen LogP contribution in [0.3, 0.4) is 0 Å². The van der Waals surface area contributed by atoms with E-state index in [1.807, 2.05) is 13.8 Å². The van der Waals surface area contributed by atoms with Crippen molar-refractivity contribution >= 4 is 0 Å². The summed E-state index contributed by atoms with van der Waals surface area (Å²) < 4.78 is 0. The van der Waals surface area contributed by atoms with E-state index in [0.717, 1.165) is 0 Å². The van der Waals surface area contributed by atoms with Gasteiger partial charge < -0.3 is 0 Å². The summed E-state index contributed by atoms with van der Waals surface area (Å²) in [5.41, 5.74) is 22.0. The van der Waals surface area contributed by atoms with Crippen molar-refractivity contribution in [1.29, 1.82) is 0 Å².